The number of halogens is 1. The highest BCUT2D eigenvalue weighted by Crippen LogP contribution is 2.28. The fourth-order valence-electron chi connectivity index (χ4n) is 1.04. The van der Waals surface area contributed by atoms with Crippen molar-refractivity contribution in [1.82, 2.24) is 0 Å². The van der Waals surface area contributed by atoms with Crippen LogP contribution in [0.25, 0.3) is 0 Å². The first-order chi connectivity index (χ1) is 7.43. The first-order valence-electron chi connectivity index (χ1n) is 4.83. The van der Waals surface area contributed by atoms with Crippen LogP contribution in [0.15, 0.2) is 33.6 Å². The summed E-state index contributed by atoms with van der Waals surface area (Å²) >= 11 is 5.04. The molecular formula is C11H14BrNO2S. The molecule has 3 N–H and O–H groups in total. The minimum absolute atomic E-state index is 0.439. The Bertz CT molecular complexity index is 382. The van der Waals surface area contributed by atoms with E-state index in [2.05, 4.69) is 15.9 Å². The highest BCUT2D eigenvalue weighted by Gasteiger charge is 2.27. The molecule has 0 aliphatic heterocycles. The van der Waals surface area contributed by atoms with Crippen LogP contribution in [0.2, 0.25) is 0 Å². The lowest BCUT2D eigenvalue weighted by Gasteiger charge is -2.18. The number of carboxylic acid groups (broad SMARTS) is 1. The van der Waals surface area contributed by atoms with Gasteiger partial charge in [-0.25, -0.2) is 0 Å². The SMILES string of the molecule is CC(N)(CCSc1ccccc1Br)C(=O)O. The van der Waals surface area contributed by atoms with Crippen molar-refractivity contribution in [3.8, 4) is 0 Å². The summed E-state index contributed by atoms with van der Waals surface area (Å²) in [5, 5.41) is 8.85. The van der Waals surface area contributed by atoms with Gasteiger partial charge in [0, 0.05) is 15.1 Å². The number of carbonyl (C=O) groups is 1. The Morgan fingerprint density at radius 1 is 1.56 bits per heavy atom. The van der Waals surface area contributed by atoms with Crippen LogP contribution in [0, 0.1) is 0 Å². The number of rotatable bonds is 5. The standard InChI is InChI=1S/C11H14BrNO2S/c1-11(13,10(14)15)6-7-16-9-5-3-2-4-8(9)12/h2-5H,6-7,13H2,1H3,(H,14,15). The second-order valence-electron chi connectivity index (χ2n) is 3.75. The van der Waals surface area contributed by atoms with E-state index in [0.717, 1.165) is 9.37 Å². The van der Waals surface area contributed by atoms with Gasteiger partial charge < -0.3 is 10.8 Å². The molecule has 1 aromatic carbocycles. The maximum Gasteiger partial charge on any atom is 0.323 e. The van der Waals surface area contributed by atoms with Gasteiger partial charge in [-0.2, -0.15) is 0 Å². The largest absolute Gasteiger partial charge is 0.480 e. The number of hydrogen-bond donors (Lipinski definition) is 2. The van der Waals surface area contributed by atoms with Crippen molar-refractivity contribution in [1.29, 1.82) is 0 Å². The Morgan fingerprint density at radius 2 is 2.19 bits per heavy atom. The summed E-state index contributed by atoms with van der Waals surface area (Å²) in [5.41, 5.74) is 4.49. The Morgan fingerprint density at radius 3 is 2.75 bits per heavy atom. The lowest BCUT2D eigenvalue weighted by atomic mass is 10.0. The van der Waals surface area contributed by atoms with Gasteiger partial charge in [0.05, 0.1) is 0 Å². The summed E-state index contributed by atoms with van der Waals surface area (Å²) in [6.07, 6.45) is 0.439. The van der Waals surface area contributed by atoms with Crippen molar-refractivity contribution in [3.05, 3.63) is 28.7 Å². The molecule has 3 nitrogen and oxygen atoms in total. The molecule has 0 spiro atoms. The van der Waals surface area contributed by atoms with Crippen molar-refractivity contribution in [2.24, 2.45) is 5.73 Å². The van der Waals surface area contributed by atoms with Crippen LogP contribution in [0.4, 0.5) is 0 Å². The van der Waals surface area contributed by atoms with Gasteiger partial charge in [-0.15, -0.1) is 11.8 Å². The van der Waals surface area contributed by atoms with E-state index in [-0.39, 0.29) is 0 Å². The lowest BCUT2D eigenvalue weighted by molar-refractivity contribution is -0.142. The number of carboxylic acids is 1. The van der Waals surface area contributed by atoms with Gasteiger partial charge in [0.15, 0.2) is 0 Å². The van der Waals surface area contributed by atoms with Crippen molar-refractivity contribution in [2.75, 3.05) is 5.75 Å². The fourth-order valence-corrected chi connectivity index (χ4v) is 2.80. The van der Waals surface area contributed by atoms with Crippen molar-refractivity contribution in [3.63, 3.8) is 0 Å². The van der Waals surface area contributed by atoms with Crippen molar-refractivity contribution < 1.29 is 9.90 Å². The molecule has 88 valence electrons. The predicted octanol–water partition coefficient (Wildman–Crippen LogP) is 2.73. The quantitative estimate of drug-likeness (QED) is 0.821. The van der Waals surface area contributed by atoms with Gasteiger partial charge in [0.1, 0.15) is 5.54 Å². The summed E-state index contributed by atoms with van der Waals surface area (Å²) in [7, 11) is 0. The van der Waals surface area contributed by atoms with Crippen LogP contribution >= 0.6 is 27.7 Å². The Hall–Kier alpha value is -0.520. The van der Waals surface area contributed by atoms with Crippen LogP contribution in [-0.4, -0.2) is 22.4 Å². The van der Waals surface area contributed by atoms with Crippen LogP contribution in [0.3, 0.4) is 0 Å². The first-order valence-corrected chi connectivity index (χ1v) is 6.61. The Kier molecular flexibility index (Phi) is 4.83. The van der Waals surface area contributed by atoms with Crippen molar-refractivity contribution >= 4 is 33.7 Å². The van der Waals surface area contributed by atoms with Crippen LogP contribution in [-0.2, 0) is 4.79 Å². The molecule has 0 bridgehead atoms. The zero-order valence-electron chi connectivity index (χ0n) is 8.94. The third-order valence-electron chi connectivity index (χ3n) is 2.20. The summed E-state index contributed by atoms with van der Waals surface area (Å²) in [5.74, 6) is -0.276. The summed E-state index contributed by atoms with van der Waals surface area (Å²) in [6.45, 7) is 1.54. The van der Waals surface area contributed by atoms with Crippen LogP contribution in [0.5, 0.6) is 0 Å². The van der Waals surface area contributed by atoms with E-state index in [0.29, 0.717) is 12.2 Å². The summed E-state index contributed by atoms with van der Waals surface area (Å²) in [4.78, 5) is 11.9. The van der Waals surface area contributed by atoms with Gasteiger partial charge in [-0.05, 0) is 41.4 Å². The third kappa shape index (κ3) is 3.81. The zero-order chi connectivity index (χ0) is 12.2. The molecule has 0 heterocycles. The second-order valence-corrected chi connectivity index (χ2v) is 5.74. The minimum atomic E-state index is -1.14. The molecule has 0 amide bonds. The number of thioether (sulfide) groups is 1. The average Bonchev–Trinajstić information content (AvgIpc) is 2.20. The molecular weight excluding hydrogens is 290 g/mol. The zero-order valence-corrected chi connectivity index (χ0v) is 11.3. The molecule has 0 fully saturated rings. The smallest absolute Gasteiger partial charge is 0.323 e. The summed E-state index contributed by atoms with van der Waals surface area (Å²) < 4.78 is 1.02. The number of benzene rings is 1. The minimum Gasteiger partial charge on any atom is -0.480 e. The Balaban J connectivity index is 2.48. The van der Waals surface area contributed by atoms with E-state index >= 15 is 0 Å². The number of aliphatic carboxylic acids is 1. The molecule has 0 saturated carbocycles. The first kappa shape index (κ1) is 13.5. The topological polar surface area (TPSA) is 63.3 Å². The van der Waals surface area contributed by atoms with E-state index in [4.69, 9.17) is 10.8 Å². The van der Waals surface area contributed by atoms with Crippen molar-refractivity contribution in [2.45, 2.75) is 23.8 Å². The fraction of sp³-hybridized carbons (Fsp3) is 0.364. The van der Waals surface area contributed by atoms with Gasteiger partial charge >= 0.3 is 5.97 Å². The number of nitrogens with two attached hydrogens (primary N) is 1. The highest BCUT2D eigenvalue weighted by atomic mass is 79.9. The molecule has 0 aromatic heterocycles. The van der Waals surface area contributed by atoms with Gasteiger partial charge in [-0.1, -0.05) is 12.1 Å². The van der Waals surface area contributed by atoms with Gasteiger partial charge in [-0.3, -0.25) is 4.79 Å². The molecule has 5 heteroatoms. The maximum atomic E-state index is 10.8. The van der Waals surface area contributed by atoms with E-state index in [9.17, 15) is 4.79 Å². The van der Waals surface area contributed by atoms with E-state index < -0.39 is 11.5 Å². The number of hydrogen-bond acceptors (Lipinski definition) is 3. The molecule has 0 aliphatic carbocycles. The van der Waals surface area contributed by atoms with E-state index in [1.54, 1.807) is 11.8 Å². The van der Waals surface area contributed by atoms with E-state index in [1.807, 2.05) is 24.3 Å². The third-order valence-corrected chi connectivity index (χ3v) is 4.23. The molecule has 0 radical (unpaired) electrons. The molecule has 1 atom stereocenters. The lowest BCUT2D eigenvalue weighted by Crippen LogP contribution is -2.45. The van der Waals surface area contributed by atoms with Crippen LogP contribution in [0.1, 0.15) is 13.3 Å². The average molecular weight is 304 g/mol. The molecule has 0 aliphatic rings. The second kappa shape index (κ2) is 5.70. The normalized spacial score (nSPS) is 14.4. The maximum absolute atomic E-state index is 10.8. The molecule has 16 heavy (non-hydrogen) atoms. The molecule has 1 aromatic rings. The molecule has 1 unspecified atom stereocenters. The van der Waals surface area contributed by atoms with E-state index in [1.165, 1.54) is 6.92 Å². The molecule has 0 saturated heterocycles. The molecule has 1 rings (SSSR count). The Labute approximate surface area is 108 Å². The highest BCUT2D eigenvalue weighted by molar-refractivity contribution is 9.10. The summed E-state index contributed by atoms with van der Waals surface area (Å²) in [6, 6.07) is 7.84. The monoisotopic (exact) mass is 303 g/mol. The van der Waals surface area contributed by atoms with Gasteiger partial charge in [0.25, 0.3) is 0 Å². The van der Waals surface area contributed by atoms with Gasteiger partial charge in [0.2, 0.25) is 0 Å². The predicted molar refractivity (Wildman–Crippen MR) is 69.7 cm³/mol. The van der Waals surface area contributed by atoms with Crippen LogP contribution < -0.4 is 5.73 Å².